The molecule has 0 bridgehead atoms. The van der Waals surface area contributed by atoms with Crippen molar-refractivity contribution in [2.45, 2.75) is 31.2 Å². The van der Waals surface area contributed by atoms with Crippen LogP contribution in [0.5, 0.6) is 0 Å². The minimum absolute atomic E-state index is 0.151. The van der Waals surface area contributed by atoms with Crippen molar-refractivity contribution in [3.8, 4) is 0 Å². The van der Waals surface area contributed by atoms with Gasteiger partial charge < -0.3 is 20.5 Å². The van der Waals surface area contributed by atoms with Crippen LogP contribution in [0.1, 0.15) is 41.0 Å². The summed E-state index contributed by atoms with van der Waals surface area (Å²) in [7, 11) is 0. The molecule has 0 fully saturated rings. The molecule has 1 unspecified atom stereocenters. The molecule has 1 aromatic carbocycles. The molecule has 1 heterocycles. The summed E-state index contributed by atoms with van der Waals surface area (Å²) in [4.78, 5) is 32.5. The largest absolute Gasteiger partial charge is 0.481 e. The van der Waals surface area contributed by atoms with Gasteiger partial charge in [0.25, 0.3) is 0 Å². The highest BCUT2D eigenvalue weighted by molar-refractivity contribution is 7.98. The maximum absolute atomic E-state index is 11.8. The Hall–Kier alpha value is -2.72. The smallest absolute Gasteiger partial charge is 0.341 e. The summed E-state index contributed by atoms with van der Waals surface area (Å²) in [5.74, 6) is -1.25. The van der Waals surface area contributed by atoms with Crippen LogP contribution in [0.25, 0.3) is 0 Å². The van der Waals surface area contributed by atoms with Crippen molar-refractivity contribution in [1.29, 1.82) is 0 Å². The Morgan fingerprint density at radius 2 is 2.00 bits per heavy atom. The predicted molar refractivity (Wildman–Crippen MR) is 115 cm³/mol. The van der Waals surface area contributed by atoms with Crippen LogP contribution >= 0.6 is 24.0 Å². The predicted octanol–water partition coefficient (Wildman–Crippen LogP) is 3.19. The summed E-state index contributed by atoms with van der Waals surface area (Å²) in [5.41, 5.74) is 1.51. The zero-order valence-electron chi connectivity index (χ0n) is 16.3. The number of carboxylic acid groups (broad SMARTS) is 1. The zero-order valence-corrected chi connectivity index (χ0v) is 17.9. The Labute approximate surface area is 178 Å². The van der Waals surface area contributed by atoms with Gasteiger partial charge in [0.15, 0.2) is 5.11 Å². The number of aromatic nitrogens is 2. The molecular formula is C19H22N4O4S2. The number of benzene rings is 1. The maximum atomic E-state index is 11.8. The number of esters is 1. The monoisotopic (exact) mass is 434 g/mol. The number of carboxylic acids is 1. The van der Waals surface area contributed by atoms with Crippen molar-refractivity contribution in [3.63, 3.8) is 0 Å². The van der Waals surface area contributed by atoms with Gasteiger partial charge >= 0.3 is 11.9 Å². The Morgan fingerprint density at radius 1 is 1.31 bits per heavy atom. The fraction of sp³-hybridized carbons (Fsp3) is 0.316. The van der Waals surface area contributed by atoms with Crippen molar-refractivity contribution in [1.82, 2.24) is 15.3 Å². The number of hydrogen-bond donors (Lipinski definition) is 3. The number of carbonyl (C=O) groups is 2. The summed E-state index contributed by atoms with van der Waals surface area (Å²) in [5, 5.41) is 15.2. The molecule has 2 aromatic rings. The van der Waals surface area contributed by atoms with Crippen LogP contribution < -0.4 is 10.6 Å². The first-order valence-corrected chi connectivity index (χ1v) is 10.4. The Balaban J connectivity index is 2.10. The van der Waals surface area contributed by atoms with Crippen LogP contribution in [-0.2, 0) is 9.53 Å². The molecule has 1 atom stereocenters. The lowest BCUT2D eigenvalue weighted by molar-refractivity contribution is -0.137. The van der Waals surface area contributed by atoms with Gasteiger partial charge in [0.1, 0.15) is 0 Å². The molecule has 0 saturated carbocycles. The number of aliphatic carboxylic acids is 1. The number of anilines is 1. The molecule has 0 aliphatic rings. The van der Waals surface area contributed by atoms with Crippen LogP contribution in [0.3, 0.4) is 0 Å². The number of thioether (sulfide) groups is 1. The topological polar surface area (TPSA) is 113 Å². The number of nitrogens with one attached hydrogen (secondary N) is 2. The number of carbonyl (C=O) groups excluding carboxylic acids is 1. The third-order valence-electron chi connectivity index (χ3n) is 3.90. The van der Waals surface area contributed by atoms with Crippen LogP contribution in [0.2, 0.25) is 0 Å². The Bertz CT molecular complexity index is 890. The van der Waals surface area contributed by atoms with E-state index in [-0.39, 0.29) is 29.7 Å². The van der Waals surface area contributed by atoms with Crippen LogP contribution in [0.4, 0.5) is 5.95 Å². The maximum Gasteiger partial charge on any atom is 0.341 e. The van der Waals surface area contributed by atoms with Gasteiger partial charge in [-0.15, -0.1) is 11.8 Å². The highest BCUT2D eigenvalue weighted by Crippen LogP contribution is 2.21. The Morgan fingerprint density at radius 3 is 2.55 bits per heavy atom. The van der Waals surface area contributed by atoms with E-state index in [0.717, 1.165) is 10.5 Å². The molecule has 0 spiro atoms. The first kappa shape index (κ1) is 22.6. The van der Waals surface area contributed by atoms with Gasteiger partial charge in [0, 0.05) is 11.1 Å². The average molecular weight is 435 g/mol. The summed E-state index contributed by atoms with van der Waals surface area (Å²) >= 11 is 6.89. The number of thiocarbonyl (C=S) groups is 1. The molecular weight excluding hydrogens is 412 g/mol. The van der Waals surface area contributed by atoms with E-state index in [1.54, 1.807) is 25.6 Å². The molecule has 0 radical (unpaired) electrons. The van der Waals surface area contributed by atoms with E-state index >= 15 is 0 Å². The van der Waals surface area contributed by atoms with E-state index < -0.39 is 18.0 Å². The molecule has 10 heteroatoms. The molecule has 8 nitrogen and oxygen atoms in total. The molecule has 1 aromatic heterocycles. The summed E-state index contributed by atoms with van der Waals surface area (Å²) in [6.45, 7) is 3.64. The van der Waals surface area contributed by atoms with Gasteiger partial charge in [0.05, 0.1) is 30.3 Å². The minimum atomic E-state index is -0.954. The number of rotatable bonds is 8. The van der Waals surface area contributed by atoms with E-state index in [9.17, 15) is 14.7 Å². The van der Waals surface area contributed by atoms with Crippen molar-refractivity contribution in [2.24, 2.45) is 0 Å². The van der Waals surface area contributed by atoms with Gasteiger partial charge in [-0.1, -0.05) is 12.1 Å². The lowest BCUT2D eigenvalue weighted by atomic mass is 10.0. The highest BCUT2D eigenvalue weighted by atomic mass is 32.2. The van der Waals surface area contributed by atoms with E-state index in [1.807, 2.05) is 30.5 Å². The van der Waals surface area contributed by atoms with E-state index in [1.165, 1.54) is 6.20 Å². The first-order chi connectivity index (χ1) is 13.8. The quantitative estimate of drug-likeness (QED) is 0.325. The second kappa shape index (κ2) is 10.7. The van der Waals surface area contributed by atoms with Gasteiger partial charge in [-0.05, 0) is 50.0 Å². The molecule has 3 N–H and O–H groups in total. The molecule has 0 amide bonds. The third kappa shape index (κ3) is 6.68. The lowest BCUT2D eigenvalue weighted by Crippen LogP contribution is -2.34. The van der Waals surface area contributed by atoms with E-state index in [4.69, 9.17) is 17.0 Å². The second-order valence-electron chi connectivity index (χ2n) is 5.94. The molecule has 29 heavy (non-hydrogen) atoms. The SMILES string of the molecule is CCOC(=O)c1cnc(NC(=S)NC(CC(=O)O)c2ccc(SC)cc2)nc1C. The zero-order chi connectivity index (χ0) is 21.4. The van der Waals surface area contributed by atoms with Gasteiger partial charge in [0.2, 0.25) is 5.95 Å². The molecule has 0 saturated heterocycles. The summed E-state index contributed by atoms with van der Waals surface area (Å²) < 4.78 is 4.95. The van der Waals surface area contributed by atoms with Gasteiger partial charge in [-0.3, -0.25) is 4.79 Å². The van der Waals surface area contributed by atoms with Crippen LogP contribution in [0, 0.1) is 6.92 Å². The molecule has 0 aliphatic carbocycles. The fourth-order valence-corrected chi connectivity index (χ4v) is 3.14. The van der Waals surface area contributed by atoms with E-state index in [0.29, 0.717) is 5.69 Å². The van der Waals surface area contributed by atoms with E-state index in [2.05, 4.69) is 20.6 Å². The van der Waals surface area contributed by atoms with Crippen LogP contribution in [0.15, 0.2) is 35.4 Å². The second-order valence-corrected chi connectivity index (χ2v) is 7.22. The van der Waals surface area contributed by atoms with Crippen molar-refractivity contribution in [3.05, 3.63) is 47.3 Å². The van der Waals surface area contributed by atoms with Crippen LogP contribution in [-0.4, -0.2) is 45.0 Å². The van der Waals surface area contributed by atoms with Crippen molar-refractivity contribution >= 4 is 47.0 Å². The summed E-state index contributed by atoms with van der Waals surface area (Å²) in [6.07, 6.45) is 3.18. The highest BCUT2D eigenvalue weighted by Gasteiger charge is 2.18. The molecule has 0 aliphatic heterocycles. The lowest BCUT2D eigenvalue weighted by Gasteiger charge is -2.20. The van der Waals surface area contributed by atoms with Crippen molar-refractivity contribution < 1.29 is 19.4 Å². The molecule has 2 rings (SSSR count). The third-order valence-corrected chi connectivity index (χ3v) is 4.87. The fourth-order valence-electron chi connectivity index (χ4n) is 2.50. The number of nitrogens with zero attached hydrogens (tertiary/aromatic N) is 2. The summed E-state index contributed by atoms with van der Waals surface area (Å²) in [6, 6.07) is 7.05. The average Bonchev–Trinajstić information content (AvgIpc) is 2.67. The van der Waals surface area contributed by atoms with Gasteiger partial charge in [-0.2, -0.15) is 0 Å². The number of ether oxygens (including phenoxy) is 1. The molecule has 154 valence electrons. The number of hydrogen-bond acceptors (Lipinski definition) is 7. The minimum Gasteiger partial charge on any atom is -0.481 e. The standard InChI is InChI=1S/C19H22N4O4S2/c1-4-27-17(26)14-10-20-18(21-11(14)2)23-19(28)22-15(9-16(24)25)12-5-7-13(29-3)8-6-12/h5-8,10,15H,4,9H2,1-3H3,(H,24,25)(H2,20,21,22,23,28). The van der Waals surface area contributed by atoms with Crippen molar-refractivity contribution in [2.75, 3.05) is 18.2 Å². The number of aryl methyl sites for hydroxylation is 1. The first-order valence-electron chi connectivity index (χ1n) is 8.78. The normalized spacial score (nSPS) is 11.4. The van der Waals surface area contributed by atoms with Gasteiger partial charge in [-0.25, -0.2) is 14.8 Å². The Kier molecular flexibility index (Phi) is 8.34.